The van der Waals surface area contributed by atoms with Crippen molar-refractivity contribution in [3.8, 4) is 0 Å². The van der Waals surface area contributed by atoms with E-state index in [1.54, 1.807) is 12.1 Å². The van der Waals surface area contributed by atoms with Gasteiger partial charge in [0.2, 0.25) is 5.78 Å². The zero-order valence-corrected chi connectivity index (χ0v) is 14.2. The van der Waals surface area contributed by atoms with Crippen LogP contribution in [0.1, 0.15) is 50.9 Å². The van der Waals surface area contributed by atoms with E-state index in [4.69, 9.17) is 0 Å². The van der Waals surface area contributed by atoms with Gasteiger partial charge in [0.25, 0.3) is 5.69 Å². The summed E-state index contributed by atoms with van der Waals surface area (Å²) >= 11 is 0. The molecule has 21 heavy (non-hydrogen) atoms. The molecule has 0 N–H and O–H groups in total. The molecule has 1 aromatic rings. The van der Waals surface area contributed by atoms with Crippen LogP contribution in [0, 0.1) is 10.1 Å². The smallest absolute Gasteiger partial charge is 0.269 e. The van der Waals surface area contributed by atoms with Crippen molar-refractivity contribution in [1.29, 1.82) is 0 Å². The van der Waals surface area contributed by atoms with E-state index >= 15 is 0 Å². The van der Waals surface area contributed by atoms with E-state index in [-0.39, 0.29) is 22.4 Å². The van der Waals surface area contributed by atoms with Crippen molar-refractivity contribution < 1.29 is 9.72 Å². The van der Waals surface area contributed by atoms with E-state index in [0.717, 1.165) is 17.9 Å². The second-order valence-electron chi connectivity index (χ2n) is 4.68. The van der Waals surface area contributed by atoms with Gasteiger partial charge in [-0.05, 0) is 36.4 Å². The summed E-state index contributed by atoms with van der Waals surface area (Å²) in [6.07, 6.45) is 2.34. The fourth-order valence-electron chi connectivity index (χ4n) is 1.65. The fourth-order valence-corrected chi connectivity index (χ4v) is 3.40. The summed E-state index contributed by atoms with van der Waals surface area (Å²) < 4.78 is 0. The molecule has 0 aliphatic rings. The monoisotopic (exact) mass is 312 g/mol. The van der Waals surface area contributed by atoms with Crippen molar-refractivity contribution >= 4 is 22.4 Å². The summed E-state index contributed by atoms with van der Waals surface area (Å²) in [5.74, 6) is 2.74. The maximum atomic E-state index is 12.0. The third-order valence-electron chi connectivity index (χ3n) is 2.64. The Labute approximate surface area is 130 Å². The highest BCUT2D eigenvalue weighted by molar-refractivity contribution is 7.97. The SMILES string of the molecule is CCC.CCC[S+](CC)CC(=O)c1ccc([N+](=O)[O-])cc1. The highest BCUT2D eigenvalue weighted by atomic mass is 32.2. The van der Waals surface area contributed by atoms with Crippen molar-refractivity contribution in [1.82, 2.24) is 0 Å². The Morgan fingerprint density at radius 1 is 1.14 bits per heavy atom. The van der Waals surface area contributed by atoms with E-state index in [1.807, 2.05) is 0 Å². The van der Waals surface area contributed by atoms with Crippen molar-refractivity contribution in [2.45, 2.75) is 40.5 Å². The number of nitro benzene ring substituents is 1. The third kappa shape index (κ3) is 7.85. The summed E-state index contributed by atoms with van der Waals surface area (Å²) in [5.41, 5.74) is 0.595. The van der Waals surface area contributed by atoms with E-state index < -0.39 is 4.92 Å². The molecule has 1 unspecified atom stereocenters. The van der Waals surface area contributed by atoms with Crippen LogP contribution in [-0.2, 0) is 10.9 Å². The van der Waals surface area contributed by atoms with Gasteiger partial charge >= 0.3 is 0 Å². The van der Waals surface area contributed by atoms with Crippen LogP contribution in [0.3, 0.4) is 0 Å². The van der Waals surface area contributed by atoms with Gasteiger partial charge in [0, 0.05) is 17.7 Å². The molecular weight excluding hydrogens is 286 g/mol. The van der Waals surface area contributed by atoms with Crippen LogP contribution in [0.4, 0.5) is 5.69 Å². The molecule has 0 aliphatic carbocycles. The average Bonchev–Trinajstić information content (AvgIpc) is 2.47. The second-order valence-corrected chi connectivity index (χ2v) is 7.18. The minimum atomic E-state index is -0.456. The number of Topliss-reactive ketones (excluding diaryl/α,β-unsaturated/α-hetero) is 1. The number of rotatable bonds is 7. The van der Waals surface area contributed by atoms with Gasteiger partial charge in [0.15, 0.2) is 5.75 Å². The largest absolute Gasteiger partial charge is 0.289 e. The Morgan fingerprint density at radius 3 is 2.05 bits per heavy atom. The van der Waals surface area contributed by atoms with E-state index in [2.05, 4.69) is 27.7 Å². The Kier molecular flexibility index (Phi) is 10.6. The predicted molar refractivity (Wildman–Crippen MR) is 91.3 cm³/mol. The Balaban J connectivity index is 0.00000122. The number of carbonyl (C=O) groups is 1. The van der Waals surface area contributed by atoms with E-state index in [1.165, 1.54) is 18.6 Å². The summed E-state index contributed by atoms with van der Waals surface area (Å²) in [4.78, 5) is 22.1. The Hall–Kier alpha value is -1.36. The number of hydrogen-bond donors (Lipinski definition) is 0. The van der Waals surface area contributed by atoms with Crippen LogP contribution >= 0.6 is 0 Å². The molecule has 0 aromatic heterocycles. The topological polar surface area (TPSA) is 60.2 Å². The Bertz CT molecular complexity index is 432. The Morgan fingerprint density at radius 2 is 1.67 bits per heavy atom. The maximum Gasteiger partial charge on any atom is 0.269 e. The highest BCUT2D eigenvalue weighted by Crippen LogP contribution is 2.13. The molecule has 0 saturated carbocycles. The van der Waals surface area contributed by atoms with Crippen molar-refractivity contribution in [2.75, 3.05) is 17.3 Å². The molecule has 4 nitrogen and oxygen atoms in total. The lowest BCUT2D eigenvalue weighted by Gasteiger charge is -2.04. The molecule has 0 radical (unpaired) electrons. The second kappa shape index (κ2) is 11.3. The molecule has 1 atom stereocenters. The van der Waals surface area contributed by atoms with Gasteiger partial charge in [-0.15, -0.1) is 0 Å². The molecule has 118 valence electrons. The summed E-state index contributed by atoms with van der Waals surface area (Å²) in [6.45, 7) is 8.47. The van der Waals surface area contributed by atoms with Gasteiger partial charge in [-0.25, -0.2) is 0 Å². The van der Waals surface area contributed by atoms with Gasteiger partial charge in [-0.2, -0.15) is 0 Å². The third-order valence-corrected chi connectivity index (χ3v) is 5.11. The first-order valence-corrected chi connectivity index (χ1v) is 9.14. The molecule has 0 saturated heterocycles. The molecule has 0 spiro atoms. The summed E-state index contributed by atoms with van der Waals surface area (Å²) in [6, 6.07) is 5.86. The normalized spacial score (nSPS) is 11.2. The quantitative estimate of drug-likeness (QED) is 0.327. The van der Waals surface area contributed by atoms with Gasteiger partial charge in [-0.1, -0.05) is 27.2 Å². The first kappa shape index (κ1) is 19.6. The number of carbonyl (C=O) groups excluding carboxylic acids is 1. The van der Waals surface area contributed by atoms with Gasteiger partial charge in [0.05, 0.1) is 4.92 Å². The molecule has 0 aliphatic heterocycles. The minimum absolute atomic E-state index is 0.0228. The van der Waals surface area contributed by atoms with Gasteiger partial charge in [0.1, 0.15) is 11.5 Å². The molecule has 5 heteroatoms. The molecule has 1 rings (SSSR count). The molecular formula is C16H26NO3S+. The number of benzene rings is 1. The predicted octanol–water partition coefficient (Wildman–Crippen LogP) is 4.24. The molecule has 0 amide bonds. The fraction of sp³-hybridized carbons (Fsp3) is 0.562. The molecule has 1 aromatic carbocycles. The van der Waals surface area contributed by atoms with Gasteiger partial charge in [-0.3, -0.25) is 14.9 Å². The number of nitro groups is 1. The van der Waals surface area contributed by atoms with Crippen LogP contribution in [0.15, 0.2) is 24.3 Å². The zero-order valence-electron chi connectivity index (χ0n) is 13.4. The number of nitrogens with zero attached hydrogens (tertiary/aromatic N) is 1. The first-order valence-electron chi connectivity index (χ1n) is 7.41. The lowest BCUT2D eigenvalue weighted by molar-refractivity contribution is -0.384. The standard InChI is InChI=1S/C13H18NO3S.C3H8/c1-3-9-18(4-2)10-13(15)11-5-7-12(8-6-11)14(16)17;1-3-2/h5-8H,3-4,9-10H2,1-2H3;3H2,1-2H3/q+1;. The van der Waals surface area contributed by atoms with Crippen LogP contribution in [-0.4, -0.2) is 28.0 Å². The molecule has 0 heterocycles. The first-order chi connectivity index (χ1) is 9.99. The summed E-state index contributed by atoms with van der Waals surface area (Å²) in [7, 11) is 0.140. The average molecular weight is 312 g/mol. The van der Waals surface area contributed by atoms with Crippen molar-refractivity contribution in [3.05, 3.63) is 39.9 Å². The van der Waals surface area contributed by atoms with Gasteiger partial charge < -0.3 is 0 Å². The van der Waals surface area contributed by atoms with E-state index in [9.17, 15) is 14.9 Å². The van der Waals surface area contributed by atoms with Crippen LogP contribution < -0.4 is 0 Å². The lowest BCUT2D eigenvalue weighted by Crippen LogP contribution is -2.21. The highest BCUT2D eigenvalue weighted by Gasteiger charge is 2.20. The van der Waals surface area contributed by atoms with Crippen molar-refractivity contribution in [3.63, 3.8) is 0 Å². The number of non-ortho nitro benzene ring substituents is 1. The van der Waals surface area contributed by atoms with Crippen LogP contribution in [0.25, 0.3) is 0 Å². The number of hydrogen-bond acceptors (Lipinski definition) is 3. The minimum Gasteiger partial charge on any atom is -0.289 e. The van der Waals surface area contributed by atoms with E-state index in [0.29, 0.717) is 11.3 Å². The van der Waals surface area contributed by atoms with Crippen LogP contribution in [0.2, 0.25) is 0 Å². The summed E-state index contributed by atoms with van der Waals surface area (Å²) in [5, 5.41) is 10.5. The number of ketones is 1. The zero-order chi connectivity index (χ0) is 16.3. The van der Waals surface area contributed by atoms with Crippen molar-refractivity contribution in [2.24, 2.45) is 0 Å². The molecule has 0 fully saturated rings. The maximum absolute atomic E-state index is 12.0. The lowest BCUT2D eigenvalue weighted by atomic mass is 10.1. The van der Waals surface area contributed by atoms with Crippen LogP contribution in [0.5, 0.6) is 0 Å². The molecule has 0 bridgehead atoms.